The molecule has 1 unspecified atom stereocenters. The molecule has 1 aliphatic carbocycles. The Kier molecular flexibility index (Phi) is 5.81. The lowest BCUT2D eigenvalue weighted by Gasteiger charge is -2.42. The minimum atomic E-state index is -3.20. The van der Waals surface area contributed by atoms with Gasteiger partial charge in [0.15, 0.2) is 0 Å². The first-order valence-corrected chi connectivity index (χ1v) is 12.0. The molecule has 0 amide bonds. The average Bonchev–Trinajstić information content (AvgIpc) is 3.18. The fourth-order valence-corrected chi connectivity index (χ4v) is 6.53. The molecule has 9 heteroatoms. The van der Waals surface area contributed by atoms with Crippen LogP contribution in [0.2, 0.25) is 0 Å². The van der Waals surface area contributed by atoms with Gasteiger partial charge in [0.25, 0.3) is 0 Å². The summed E-state index contributed by atoms with van der Waals surface area (Å²) in [5.74, 6) is 1.82. The summed E-state index contributed by atoms with van der Waals surface area (Å²) in [5.41, 5.74) is 0.825. The molecule has 1 saturated carbocycles. The van der Waals surface area contributed by atoms with Crippen molar-refractivity contribution in [3.05, 3.63) is 18.6 Å². The zero-order valence-electron chi connectivity index (χ0n) is 17.4. The number of anilines is 1. The van der Waals surface area contributed by atoms with E-state index in [1.807, 2.05) is 19.3 Å². The standard InChI is InChI=1S/C20H31N5O3S/c1-14(28-3)16-5-8-25(9-6-16)29(26,27)12-15-10-17(11-15)24(2)20-18-4-7-21-19(18)22-13-23-20/h4,7,13-17H,5-6,8-12H2,1-3H3,(H,21,22,23). The second-order valence-electron chi connectivity index (χ2n) is 8.50. The zero-order chi connectivity index (χ0) is 20.6. The SMILES string of the molecule is COC(C)C1CCN(S(=O)(=O)CC2CC(N(C)c3ncnc4[nH]ccc34)C2)CC1. The van der Waals surface area contributed by atoms with Crippen LogP contribution < -0.4 is 4.90 Å². The predicted octanol–water partition coefficient (Wildman–Crippen LogP) is 2.25. The van der Waals surface area contributed by atoms with E-state index in [9.17, 15) is 8.42 Å². The maximum Gasteiger partial charge on any atom is 0.214 e. The predicted molar refractivity (Wildman–Crippen MR) is 113 cm³/mol. The van der Waals surface area contributed by atoms with Crippen molar-refractivity contribution < 1.29 is 13.2 Å². The van der Waals surface area contributed by atoms with Crippen LogP contribution in [0.5, 0.6) is 0 Å². The molecule has 29 heavy (non-hydrogen) atoms. The quantitative estimate of drug-likeness (QED) is 0.737. The van der Waals surface area contributed by atoms with Gasteiger partial charge >= 0.3 is 0 Å². The molecule has 2 aromatic rings. The van der Waals surface area contributed by atoms with Crippen LogP contribution in [0.1, 0.15) is 32.6 Å². The highest BCUT2D eigenvalue weighted by Gasteiger charge is 2.38. The van der Waals surface area contributed by atoms with Gasteiger partial charge in [-0.25, -0.2) is 22.7 Å². The van der Waals surface area contributed by atoms with Crippen molar-refractivity contribution in [1.82, 2.24) is 19.3 Å². The monoisotopic (exact) mass is 421 g/mol. The van der Waals surface area contributed by atoms with E-state index in [1.54, 1.807) is 17.7 Å². The van der Waals surface area contributed by atoms with Crippen LogP contribution in [0.15, 0.2) is 18.6 Å². The number of rotatable bonds is 7. The first-order valence-electron chi connectivity index (χ1n) is 10.4. The van der Waals surface area contributed by atoms with Crippen molar-refractivity contribution in [3.63, 3.8) is 0 Å². The van der Waals surface area contributed by atoms with Gasteiger partial charge < -0.3 is 14.6 Å². The molecule has 160 valence electrons. The molecule has 8 nitrogen and oxygen atoms in total. The van der Waals surface area contributed by atoms with Crippen molar-refractivity contribution in [1.29, 1.82) is 0 Å². The summed E-state index contributed by atoms with van der Waals surface area (Å²) in [4.78, 5) is 14.0. The zero-order valence-corrected chi connectivity index (χ0v) is 18.2. The van der Waals surface area contributed by atoms with E-state index in [0.717, 1.165) is 42.5 Å². The Labute approximate surface area is 172 Å². The number of piperidine rings is 1. The third kappa shape index (κ3) is 4.13. The Bertz CT molecular complexity index is 932. The van der Waals surface area contributed by atoms with E-state index in [2.05, 4.69) is 26.8 Å². The van der Waals surface area contributed by atoms with Gasteiger partial charge in [-0.15, -0.1) is 0 Å². The van der Waals surface area contributed by atoms with E-state index < -0.39 is 10.0 Å². The second-order valence-corrected chi connectivity index (χ2v) is 10.5. The maximum absolute atomic E-state index is 12.9. The molecule has 0 radical (unpaired) electrons. The lowest BCUT2D eigenvalue weighted by Crippen LogP contribution is -2.48. The third-order valence-electron chi connectivity index (χ3n) is 6.80. The van der Waals surface area contributed by atoms with Crippen molar-refractivity contribution in [2.75, 3.05) is 37.9 Å². The van der Waals surface area contributed by atoms with Crippen molar-refractivity contribution in [2.45, 2.75) is 44.8 Å². The summed E-state index contributed by atoms with van der Waals surface area (Å²) in [6.07, 6.45) is 7.14. The number of nitrogens with zero attached hydrogens (tertiary/aromatic N) is 4. The van der Waals surface area contributed by atoms with Gasteiger partial charge in [0.05, 0.1) is 17.2 Å². The van der Waals surface area contributed by atoms with E-state index in [1.165, 1.54) is 0 Å². The van der Waals surface area contributed by atoms with Gasteiger partial charge in [-0.2, -0.15) is 0 Å². The number of ether oxygens (including phenoxy) is 1. The highest BCUT2D eigenvalue weighted by atomic mass is 32.2. The molecule has 2 fully saturated rings. The minimum absolute atomic E-state index is 0.191. The summed E-state index contributed by atoms with van der Waals surface area (Å²) in [5, 5.41) is 0.999. The molecule has 4 rings (SSSR count). The van der Waals surface area contributed by atoms with Crippen LogP contribution in [-0.2, 0) is 14.8 Å². The molecule has 2 aromatic heterocycles. The number of methoxy groups -OCH3 is 1. The third-order valence-corrected chi connectivity index (χ3v) is 8.84. The normalized spacial score (nSPS) is 25.1. The van der Waals surface area contributed by atoms with Crippen LogP contribution in [0.3, 0.4) is 0 Å². The number of aromatic nitrogens is 3. The Morgan fingerprint density at radius 2 is 2.03 bits per heavy atom. The number of nitrogens with one attached hydrogen (secondary N) is 1. The van der Waals surface area contributed by atoms with Crippen LogP contribution in [0, 0.1) is 11.8 Å². The molecular formula is C20H31N5O3S. The summed E-state index contributed by atoms with van der Waals surface area (Å²) >= 11 is 0. The Morgan fingerprint density at radius 3 is 2.72 bits per heavy atom. The molecule has 3 heterocycles. The van der Waals surface area contributed by atoms with Gasteiger partial charge in [-0.1, -0.05) is 0 Å². The number of H-pyrrole nitrogens is 1. The molecule has 1 saturated heterocycles. The number of hydrogen-bond acceptors (Lipinski definition) is 6. The van der Waals surface area contributed by atoms with Crippen LogP contribution in [-0.4, -0.2) is 72.8 Å². The first-order chi connectivity index (χ1) is 13.9. The fraction of sp³-hybridized carbons (Fsp3) is 0.700. The topological polar surface area (TPSA) is 91.4 Å². The molecule has 2 aliphatic rings. The number of fused-ring (bicyclic) bond motifs is 1. The Hall–Kier alpha value is -1.71. The summed E-state index contributed by atoms with van der Waals surface area (Å²) in [6.45, 7) is 3.30. The highest BCUT2D eigenvalue weighted by Crippen LogP contribution is 2.36. The highest BCUT2D eigenvalue weighted by molar-refractivity contribution is 7.89. The molecule has 1 atom stereocenters. The van der Waals surface area contributed by atoms with Crippen LogP contribution in [0.25, 0.3) is 11.0 Å². The van der Waals surface area contributed by atoms with Gasteiger partial charge in [0, 0.05) is 39.5 Å². The van der Waals surface area contributed by atoms with Crippen molar-refractivity contribution in [3.8, 4) is 0 Å². The van der Waals surface area contributed by atoms with E-state index in [4.69, 9.17) is 4.74 Å². The lowest BCUT2D eigenvalue weighted by molar-refractivity contribution is 0.0450. The molecule has 0 bridgehead atoms. The van der Waals surface area contributed by atoms with Gasteiger partial charge in [0.1, 0.15) is 17.8 Å². The Morgan fingerprint density at radius 1 is 1.31 bits per heavy atom. The van der Waals surface area contributed by atoms with Crippen molar-refractivity contribution >= 4 is 26.9 Å². The van der Waals surface area contributed by atoms with E-state index >= 15 is 0 Å². The van der Waals surface area contributed by atoms with Crippen LogP contribution >= 0.6 is 0 Å². The number of aromatic amines is 1. The lowest BCUT2D eigenvalue weighted by atomic mass is 9.81. The van der Waals surface area contributed by atoms with Gasteiger partial charge in [0.2, 0.25) is 10.0 Å². The maximum atomic E-state index is 12.9. The van der Waals surface area contributed by atoms with E-state index in [-0.39, 0.29) is 17.8 Å². The summed E-state index contributed by atoms with van der Waals surface area (Å²) in [7, 11) is 0.561. The number of sulfonamides is 1. The minimum Gasteiger partial charge on any atom is -0.381 e. The molecule has 1 aliphatic heterocycles. The van der Waals surface area contributed by atoms with E-state index in [0.29, 0.717) is 25.0 Å². The summed E-state index contributed by atoms with van der Waals surface area (Å²) in [6, 6.07) is 2.30. The fourth-order valence-electron chi connectivity index (χ4n) is 4.68. The van der Waals surface area contributed by atoms with Gasteiger partial charge in [-0.05, 0) is 50.5 Å². The molecule has 1 N–H and O–H groups in total. The first kappa shape index (κ1) is 20.6. The number of hydrogen-bond donors (Lipinski definition) is 1. The average molecular weight is 422 g/mol. The summed E-state index contributed by atoms with van der Waals surface area (Å²) < 4.78 is 32.9. The largest absolute Gasteiger partial charge is 0.381 e. The second kappa shape index (κ2) is 8.20. The Balaban J connectivity index is 1.31. The smallest absolute Gasteiger partial charge is 0.214 e. The van der Waals surface area contributed by atoms with Crippen molar-refractivity contribution in [2.24, 2.45) is 11.8 Å². The molecule has 0 spiro atoms. The molecular weight excluding hydrogens is 390 g/mol. The van der Waals surface area contributed by atoms with Crippen LogP contribution in [0.4, 0.5) is 5.82 Å². The van der Waals surface area contributed by atoms with Gasteiger partial charge in [-0.3, -0.25) is 0 Å². The molecule has 0 aromatic carbocycles.